The van der Waals surface area contributed by atoms with Gasteiger partial charge in [0, 0.05) is 22.3 Å². The third kappa shape index (κ3) is 2.96. The highest BCUT2D eigenvalue weighted by Crippen LogP contribution is 2.29. The van der Waals surface area contributed by atoms with Crippen molar-refractivity contribution in [3.05, 3.63) is 52.5 Å². The molecule has 2 aromatic carbocycles. The molecule has 0 aliphatic heterocycles. The molecule has 0 aliphatic rings. The Morgan fingerprint density at radius 3 is 2.56 bits per heavy atom. The number of halogens is 1. The van der Waals surface area contributed by atoms with E-state index < -0.39 is 0 Å². The van der Waals surface area contributed by atoms with Crippen molar-refractivity contribution in [1.82, 2.24) is 0 Å². The lowest BCUT2D eigenvalue weighted by atomic mass is 10.2. The molecule has 2 N–H and O–H groups in total. The number of phenolic OH excluding ortho intramolecular Hbond substituents is 1. The Morgan fingerprint density at radius 2 is 1.89 bits per heavy atom. The van der Waals surface area contributed by atoms with E-state index in [-0.39, 0.29) is 5.75 Å². The lowest BCUT2D eigenvalue weighted by Gasteiger charge is -2.10. The molecule has 0 saturated heterocycles. The zero-order chi connectivity index (χ0) is 13.0. The van der Waals surface area contributed by atoms with Crippen LogP contribution in [0.5, 0.6) is 11.5 Å². The fraction of sp³-hybridized carbons (Fsp3) is 0.143. The summed E-state index contributed by atoms with van der Waals surface area (Å²) in [7, 11) is 1.54. The number of para-hydroxylation sites is 1. The normalized spacial score (nSPS) is 10.1. The molecule has 0 spiro atoms. The number of methoxy groups -OCH3 is 1. The zero-order valence-electron chi connectivity index (χ0n) is 9.98. The van der Waals surface area contributed by atoms with Crippen LogP contribution in [0.1, 0.15) is 5.56 Å². The van der Waals surface area contributed by atoms with Crippen LogP contribution in [0.15, 0.2) is 46.9 Å². The number of hydrogen-bond donors (Lipinski definition) is 2. The van der Waals surface area contributed by atoms with Gasteiger partial charge in [0.05, 0.1) is 7.11 Å². The van der Waals surface area contributed by atoms with Crippen LogP contribution in [0.25, 0.3) is 0 Å². The van der Waals surface area contributed by atoms with Crippen molar-refractivity contribution < 1.29 is 9.84 Å². The van der Waals surface area contributed by atoms with Crippen LogP contribution in [0.3, 0.4) is 0 Å². The smallest absolute Gasteiger partial charge is 0.162 e. The molecule has 0 fully saturated rings. The second-order valence-electron chi connectivity index (χ2n) is 3.83. The molecule has 0 aliphatic carbocycles. The number of benzene rings is 2. The summed E-state index contributed by atoms with van der Waals surface area (Å²) in [6, 6.07) is 13.3. The van der Waals surface area contributed by atoms with Crippen LogP contribution in [0, 0.1) is 0 Å². The second-order valence-corrected chi connectivity index (χ2v) is 4.74. The van der Waals surface area contributed by atoms with Gasteiger partial charge >= 0.3 is 0 Å². The van der Waals surface area contributed by atoms with Gasteiger partial charge in [-0.2, -0.15) is 0 Å². The van der Waals surface area contributed by atoms with Gasteiger partial charge in [0.1, 0.15) is 0 Å². The van der Waals surface area contributed by atoms with E-state index in [0.717, 1.165) is 15.7 Å². The summed E-state index contributed by atoms with van der Waals surface area (Å²) in [6.45, 7) is 0.546. The largest absolute Gasteiger partial charge is 0.504 e. The van der Waals surface area contributed by atoms with Gasteiger partial charge in [0.2, 0.25) is 0 Å². The average molecular weight is 308 g/mol. The van der Waals surface area contributed by atoms with Crippen LogP contribution in [0.4, 0.5) is 5.69 Å². The maximum atomic E-state index is 9.94. The minimum Gasteiger partial charge on any atom is -0.504 e. The summed E-state index contributed by atoms with van der Waals surface area (Å²) in [5, 5.41) is 13.2. The van der Waals surface area contributed by atoms with E-state index >= 15 is 0 Å². The standard InChI is InChI=1S/C14H14BrNO2/c1-18-13-4-2-3-10(14(13)17)9-16-12-7-5-11(15)6-8-12/h2-8,16-17H,9H2,1H3. The summed E-state index contributed by atoms with van der Waals surface area (Å²) in [4.78, 5) is 0. The topological polar surface area (TPSA) is 41.5 Å². The first-order valence-corrected chi connectivity index (χ1v) is 6.34. The number of hydrogen-bond acceptors (Lipinski definition) is 3. The van der Waals surface area contributed by atoms with E-state index in [2.05, 4.69) is 21.2 Å². The zero-order valence-corrected chi connectivity index (χ0v) is 11.6. The van der Waals surface area contributed by atoms with Crippen molar-refractivity contribution >= 4 is 21.6 Å². The van der Waals surface area contributed by atoms with Crippen molar-refractivity contribution in [2.45, 2.75) is 6.54 Å². The van der Waals surface area contributed by atoms with Crippen molar-refractivity contribution in [1.29, 1.82) is 0 Å². The molecule has 4 heteroatoms. The molecular formula is C14H14BrNO2. The predicted molar refractivity (Wildman–Crippen MR) is 76.1 cm³/mol. The molecule has 3 nitrogen and oxygen atoms in total. The van der Waals surface area contributed by atoms with Gasteiger partial charge in [-0.1, -0.05) is 28.1 Å². The van der Waals surface area contributed by atoms with Crippen molar-refractivity contribution in [3.8, 4) is 11.5 Å². The molecular weight excluding hydrogens is 294 g/mol. The fourth-order valence-electron chi connectivity index (χ4n) is 1.64. The summed E-state index contributed by atoms with van der Waals surface area (Å²) in [5.74, 6) is 0.676. The van der Waals surface area contributed by atoms with Crippen LogP contribution in [-0.2, 0) is 6.54 Å². The van der Waals surface area contributed by atoms with Crippen LogP contribution >= 0.6 is 15.9 Å². The monoisotopic (exact) mass is 307 g/mol. The Morgan fingerprint density at radius 1 is 1.17 bits per heavy atom. The average Bonchev–Trinajstić information content (AvgIpc) is 2.39. The molecule has 0 unspecified atom stereocenters. The Balaban J connectivity index is 2.08. The molecule has 0 bridgehead atoms. The van der Waals surface area contributed by atoms with E-state index in [4.69, 9.17) is 4.74 Å². The van der Waals surface area contributed by atoms with Gasteiger partial charge in [-0.25, -0.2) is 0 Å². The van der Waals surface area contributed by atoms with E-state index in [1.54, 1.807) is 13.2 Å². The summed E-state index contributed by atoms with van der Waals surface area (Å²) in [6.07, 6.45) is 0. The van der Waals surface area contributed by atoms with Gasteiger partial charge in [-0.15, -0.1) is 0 Å². The predicted octanol–water partition coefficient (Wildman–Crippen LogP) is 3.78. The Labute approximate surface area is 115 Å². The molecule has 94 valence electrons. The highest BCUT2D eigenvalue weighted by atomic mass is 79.9. The highest BCUT2D eigenvalue weighted by molar-refractivity contribution is 9.10. The second kappa shape index (κ2) is 5.78. The number of phenols is 1. The van der Waals surface area contributed by atoms with E-state index in [1.165, 1.54) is 0 Å². The highest BCUT2D eigenvalue weighted by Gasteiger charge is 2.06. The quantitative estimate of drug-likeness (QED) is 0.903. The fourth-order valence-corrected chi connectivity index (χ4v) is 1.90. The number of ether oxygens (including phenoxy) is 1. The number of anilines is 1. The van der Waals surface area contributed by atoms with Gasteiger partial charge in [-0.3, -0.25) is 0 Å². The Bertz CT molecular complexity index is 526. The first-order chi connectivity index (χ1) is 8.70. The number of rotatable bonds is 4. The summed E-state index contributed by atoms with van der Waals surface area (Å²) in [5.41, 5.74) is 1.80. The summed E-state index contributed by atoms with van der Waals surface area (Å²) < 4.78 is 6.11. The summed E-state index contributed by atoms with van der Waals surface area (Å²) >= 11 is 3.39. The molecule has 0 heterocycles. The molecule has 0 aromatic heterocycles. The number of aromatic hydroxyl groups is 1. The molecule has 2 rings (SSSR count). The minimum atomic E-state index is 0.185. The van der Waals surface area contributed by atoms with Gasteiger partial charge in [0.15, 0.2) is 11.5 Å². The van der Waals surface area contributed by atoms with Crippen molar-refractivity contribution in [2.24, 2.45) is 0 Å². The molecule has 0 atom stereocenters. The molecule has 0 saturated carbocycles. The first-order valence-electron chi connectivity index (χ1n) is 5.55. The Kier molecular flexibility index (Phi) is 4.10. The van der Waals surface area contributed by atoms with Crippen molar-refractivity contribution in [2.75, 3.05) is 12.4 Å². The minimum absolute atomic E-state index is 0.185. The SMILES string of the molecule is COc1cccc(CNc2ccc(Br)cc2)c1O. The van der Waals surface area contributed by atoms with Crippen LogP contribution in [-0.4, -0.2) is 12.2 Å². The number of nitrogens with one attached hydrogen (secondary N) is 1. The molecule has 0 radical (unpaired) electrons. The molecule has 18 heavy (non-hydrogen) atoms. The third-order valence-corrected chi connectivity index (χ3v) is 3.16. The van der Waals surface area contributed by atoms with Gasteiger partial charge in [-0.05, 0) is 30.3 Å². The Hall–Kier alpha value is -1.68. The molecule has 2 aromatic rings. The maximum absolute atomic E-state index is 9.94. The van der Waals surface area contributed by atoms with Crippen LogP contribution < -0.4 is 10.1 Å². The van der Waals surface area contributed by atoms with Gasteiger partial charge in [0.25, 0.3) is 0 Å². The first kappa shape index (κ1) is 12.8. The van der Waals surface area contributed by atoms with E-state index in [1.807, 2.05) is 36.4 Å². The lowest BCUT2D eigenvalue weighted by molar-refractivity contribution is 0.371. The van der Waals surface area contributed by atoms with E-state index in [0.29, 0.717) is 12.3 Å². The van der Waals surface area contributed by atoms with E-state index in [9.17, 15) is 5.11 Å². The lowest BCUT2D eigenvalue weighted by Crippen LogP contribution is -2.00. The molecule has 0 amide bonds. The van der Waals surface area contributed by atoms with Crippen LogP contribution in [0.2, 0.25) is 0 Å². The maximum Gasteiger partial charge on any atom is 0.162 e. The third-order valence-electron chi connectivity index (χ3n) is 2.63. The van der Waals surface area contributed by atoms with Crippen molar-refractivity contribution in [3.63, 3.8) is 0 Å². The van der Waals surface area contributed by atoms with Gasteiger partial charge < -0.3 is 15.2 Å².